The maximum absolute atomic E-state index is 13.2. The van der Waals surface area contributed by atoms with Crippen molar-refractivity contribution < 1.29 is 31.1 Å². The number of hydrogen-bond donors (Lipinski definition) is 2. The van der Waals surface area contributed by atoms with Crippen molar-refractivity contribution in [2.45, 2.75) is 35.5 Å². The molecule has 1 heterocycles. The predicted molar refractivity (Wildman–Crippen MR) is 148 cm³/mol. The third-order valence-electron chi connectivity index (χ3n) is 6.36. The third-order valence-corrected chi connectivity index (χ3v) is 9.14. The van der Waals surface area contributed by atoms with Crippen molar-refractivity contribution in [2.24, 2.45) is 0 Å². The highest BCUT2D eigenvalue weighted by Gasteiger charge is 2.24. The van der Waals surface area contributed by atoms with Crippen LogP contribution in [-0.4, -0.2) is 55.0 Å². The fourth-order valence-corrected chi connectivity index (χ4v) is 6.40. The van der Waals surface area contributed by atoms with Crippen LogP contribution < -0.4 is 18.9 Å². The molecule has 2 N–H and O–H groups in total. The maximum atomic E-state index is 13.2. The summed E-state index contributed by atoms with van der Waals surface area (Å²) in [4.78, 5) is 14.8. The Hall–Kier alpha value is -3.77. The number of benzene rings is 3. The maximum Gasteiger partial charge on any atom is 0.261 e. The lowest BCUT2D eigenvalue weighted by molar-refractivity contribution is 0.0758. The third kappa shape index (κ3) is 6.82. The number of carbonyl (C=O) groups excluding carboxylic acids is 1. The monoisotopic (exact) mass is 573 g/mol. The van der Waals surface area contributed by atoms with Gasteiger partial charge in [-0.3, -0.25) is 14.2 Å². The lowest BCUT2D eigenvalue weighted by Crippen LogP contribution is -2.32. The summed E-state index contributed by atoms with van der Waals surface area (Å²) in [5.41, 5.74) is 0.688. The predicted octanol–water partition coefficient (Wildman–Crippen LogP) is 4.32. The number of hydrogen-bond acceptors (Lipinski definition) is 7. The first kappa shape index (κ1) is 28.2. The SMILES string of the molecule is COc1ccc(NS(=O)(=O)c2ccc(NS(=O)(=O)c3ccc(OC)c(C(=O)N4CCCCCC4)c3)cc2)cc1. The van der Waals surface area contributed by atoms with Crippen molar-refractivity contribution in [1.29, 1.82) is 0 Å². The first-order valence-electron chi connectivity index (χ1n) is 12.4. The number of nitrogens with one attached hydrogen (secondary N) is 2. The summed E-state index contributed by atoms with van der Waals surface area (Å²) in [6.45, 7) is 1.22. The molecule has 12 heteroatoms. The molecule has 1 fully saturated rings. The zero-order valence-electron chi connectivity index (χ0n) is 21.7. The molecule has 4 rings (SSSR count). The van der Waals surface area contributed by atoms with Gasteiger partial charge in [0.2, 0.25) is 0 Å². The Bertz CT molecular complexity index is 1510. The van der Waals surface area contributed by atoms with E-state index in [1.807, 2.05) is 0 Å². The number of ether oxygens (including phenoxy) is 2. The van der Waals surface area contributed by atoms with Gasteiger partial charge in [-0.05, 0) is 79.6 Å². The molecular weight excluding hydrogens is 542 g/mol. The van der Waals surface area contributed by atoms with Gasteiger partial charge in [-0.15, -0.1) is 0 Å². The van der Waals surface area contributed by atoms with E-state index in [-0.39, 0.29) is 26.9 Å². The summed E-state index contributed by atoms with van der Waals surface area (Å²) in [6, 6.07) is 15.8. The van der Waals surface area contributed by atoms with Crippen LogP contribution in [0, 0.1) is 0 Å². The fraction of sp³-hybridized carbons (Fsp3) is 0.296. The molecule has 0 radical (unpaired) electrons. The first-order chi connectivity index (χ1) is 18.6. The lowest BCUT2D eigenvalue weighted by atomic mass is 10.1. The highest BCUT2D eigenvalue weighted by molar-refractivity contribution is 7.93. The Kier molecular flexibility index (Phi) is 8.66. The number of amides is 1. The van der Waals surface area contributed by atoms with E-state index >= 15 is 0 Å². The molecule has 1 amide bonds. The molecule has 1 saturated heterocycles. The second-order valence-corrected chi connectivity index (χ2v) is 12.4. The van der Waals surface area contributed by atoms with E-state index in [2.05, 4.69) is 9.44 Å². The van der Waals surface area contributed by atoms with Crippen molar-refractivity contribution in [3.63, 3.8) is 0 Å². The van der Waals surface area contributed by atoms with Crippen molar-refractivity contribution >= 4 is 37.3 Å². The summed E-state index contributed by atoms with van der Waals surface area (Å²) in [7, 11) is -5.05. The van der Waals surface area contributed by atoms with Gasteiger partial charge in [0.1, 0.15) is 11.5 Å². The van der Waals surface area contributed by atoms with E-state index in [9.17, 15) is 21.6 Å². The number of carbonyl (C=O) groups is 1. The van der Waals surface area contributed by atoms with E-state index in [1.54, 1.807) is 29.2 Å². The van der Waals surface area contributed by atoms with Gasteiger partial charge in [-0.1, -0.05) is 12.8 Å². The van der Waals surface area contributed by atoms with Crippen LogP contribution in [0.2, 0.25) is 0 Å². The molecule has 0 spiro atoms. The largest absolute Gasteiger partial charge is 0.497 e. The average molecular weight is 574 g/mol. The molecule has 0 saturated carbocycles. The summed E-state index contributed by atoms with van der Waals surface area (Å²) >= 11 is 0. The van der Waals surface area contributed by atoms with Gasteiger partial charge < -0.3 is 14.4 Å². The van der Waals surface area contributed by atoms with Crippen LogP contribution in [0.15, 0.2) is 76.5 Å². The van der Waals surface area contributed by atoms with E-state index in [4.69, 9.17) is 9.47 Å². The summed E-state index contributed by atoms with van der Waals surface area (Å²) in [5.74, 6) is 0.608. The van der Waals surface area contributed by atoms with E-state index < -0.39 is 20.0 Å². The van der Waals surface area contributed by atoms with E-state index in [0.29, 0.717) is 30.3 Å². The Morgan fingerprint density at radius 1 is 0.692 bits per heavy atom. The molecule has 1 aliphatic heterocycles. The van der Waals surface area contributed by atoms with Gasteiger partial charge in [-0.25, -0.2) is 16.8 Å². The van der Waals surface area contributed by atoms with Crippen molar-refractivity contribution in [3.05, 3.63) is 72.3 Å². The number of anilines is 2. The zero-order valence-corrected chi connectivity index (χ0v) is 23.3. The van der Waals surface area contributed by atoms with E-state index in [0.717, 1.165) is 25.7 Å². The number of methoxy groups -OCH3 is 2. The van der Waals surface area contributed by atoms with Gasteiger partial charge in [-0.2, -0.15) is 0 Å². The first-order valence-corrected chi connectivity index (χ1v) is 15.4. The molecule has 0 unspecified atom stereocenters. The Balaban J connectivity index is 1.51. The normalized spacial score (nSPS) is 14.3. The molecule has 0 aromatic heterocycles. The van der Waals surface area contributed by atoms with Gasteiger partial charge in [0.15, 0.2) is 0 Å². The van der Waals surface area contributed by atoms with Crippen LogP contribution in [0.4, 0.5) is 11.4 Å². The summed E-state index contributed by atoms with van der Waals surface area (Å²) in [5, 5.41) is 0. The topological polar surface area (TPSA) is 131 Å². The highest BCUT2D eigenvalue weighted by Crippen LogP contribution is 2.27. The Labute approximate surface area is 229 Å². The number of nitrogens with zero attached hydrogens (tertiary/aromatic N) is 1. The molecule has 3 aromatic rings. The lowest BCUT2D eigenvalue weighted by Gasteiger charge is -2.22. The van der Waals surface area contributed by atoms with Crippen LogP contribution in [0.1, 0.15) is 36.0 Å². The molecule has 208 valence electrons. The van der Waals surface area contributed by atoms with Gasteiger partial charge in [0.25, 0.3) is 26.0 Å². The van der Waals surface area contributed by atoms with Crippen molar-refractivity contribution in [2.75, 3.05) is 36.8 Å². The van der Waals surface area contributed by atoms with Gasteiger partial charge >= 0.3 is 0 Å². The Morgan fingerprint density at radius 2 is 1.21 bits per heavy atom. The zero-order chi connectivity index (χ0) is 28.0. The smallest absolute Gasteiger partial charge is 0.261 e. The molecule has 10 nitrogen and oxygen atoms in total. The molecule has 1 aliphatic rings. The minimum atomic E-state index is -4.09. The molecule has 3 aromatic carbocycles. The summed E-state index contributed by atoms with van der Waals surface area (Å²) < 4.78 is 67.2. The number of likely N-dealkylation sites (tertiary alicyclic amines) is 1. The van der Waals surface area contributed by atoms with Crippen molar-refractivity contribution in [1.82, 2.24) is 4.90 Å². The minimum Gasteiger partial charge on any atom is -0.497 e. The minimum absolute atomic E-state index is 0.0453. The molecule has 0 bridgehead atoms. The molecule has 0 atom stereocenters. The molecular formula is C27H31N3O7S2. The van der Waals surface area contributed by atoms with Crippen LogP contribution >= 0.6 is 0 Å². The summed E-state index contributed by atoms with van der Waals surface area (Å²) in [6.07, 6.45) is 3.90. The Morgan fingerprint density at radius 3 is 1.74 bits per heavy atom. The quantitative estimate of drug-likeness (QED) is 0.390. The van der Waals surface area contributed by atoms with Crippen LogP contribution in [-0.2, 0) is 20.0 Å². The van der Waals surface area contributed by atoms with E-state index in [1.165, 1.54) is 56.7 Å². The van der Waals surface area contributed by atoms with Gasteiger partial charge in [0, 0.05) is 24.5 Å². The van der Waals surface area contributed by atoms with Crippen LogP contribution in [0.5, 0.6) is 11.5 Å². The molecule has 0 aliphatic carbocycles. The fourth-order valence-electron chi connectivity index (χ4n) is 4.25. The highest BCUT2D eigenvalue weighted by atomic mass is 32.2. The number of rotatable bonds is 9. The molecule has 39 heavy (non-hydrogen) atoms. The average Bonchev–Trinajstić information content (AvgIpc) is 3.22. The number of sulfonamides is 2. The van der Waals surface area contributed by atoms with Crippen LogP contribution in [0.3, 0.4) is 0 Å². The van der Waals surface area contributed by atoms with Crippen molar-refractivity contribution in [3.8, 4) is 11.5 Å². The second-order valence-electron chi connectivity index (χ2n) is 9.03. The van der Waals surface area contributed by atoms with Crippen LogP contribution in [0.25, 0.3) is 0 Å². The van der Waals surface area contributed by atoms with Gasteiger partial charge in [0.05, 0.1) is 29.6 Å². The second kappa shape index (κ2) is 12.0. The standard InChI is InChI=1S/C27H31N3O7S2/c1-36-22-11-7-20(8-12-22)28-38(32,33)23-13-9-21(10-14-23)29-39(34,35)24-15-16-26(37-2)25(19-24)27(31)30-17-5-3-4-6-18-30/h7-16,19,28-29H,3-6,17-18H2,1-2H3.